The highest BCUT2D eigenvalue weighted by Gasteiger charge is 2.02. The maximum atomic E-state index is 10.3. The van der Waals surface area contributed by atoms with Crippen LogP contribution in [0.3, 0.4) is 0 Å². The van der Waals surface area contributed by atoms with Crippen molar-refractivity contribution < 1.29 is 4.92 Å². The van der Waals surface area contributed by atoms with Gasteiger partial charge in [0.1, 0.15) is 0 Å². The minimum Gasteiger partial charge on any atom is -0.385 e. The summed E-state index contributed by atoms with van der Waals surface area (Å²) in [5.41, 5.74) is 1.03. The van der Waals surface area contributed by atoms with Crippen molar-refractivity contribution in [1.82, 2.24) is 0 Å². The van der Waals surface area contributed by atoms with Gasteiger partial charge in [0.2, 0.25) is 0 Å². The molecule has 14 heavy (non-hydrogen) atoms. The number of nitrogens with zero attached hydrogens (tertiary/aromatic N) is 1. The van der Waals surface area contributed by atoms with Crippen LogP contribution in [0.25, 0.3) is 0 Å². The van der Waals surface area contributed by atoms with Crippen molar-refractivity contribution in [2.45, 2.75) is 20.8 Å². The summed E-state index contributed by atoms with van der Waals surface area (Å²) in [6, 6.07) is 6.36. The molecule has 1 rings (SSSR count). The fourth-order valence-corrected chi connectivity index (χ4v) is 0.905. The Morgan fingerprint density at radius 2 is 1.79 bits per heavy atom. The van der Waals surface area contributed by atoms with Gasteiger partial charge in [0.25, 0.3) is 5.69 Å². The number of nitrogens with one attached hydrogen (secondary N) is 1. The summed E-state index contributed by atoms with van der Waals surface area (Å²) < 4.78 is 0. The Morgan fingerprint density at radius 1 is 1.29 bits per heavy atom. The van der Waals surface area contributed by atoms with Crippen molar-refractivity contribution >= 4 is 11.4 Å². The Bertz CT molecular complexity index is 270. The van der Waals surface area contributed by atoms with E-state index in [0.29, 0.717) is 0 Å². The number of anilines is 1. The van der Waals surface area contributed by atoms with Crippen LogP contribution >= 0.6 is 0 Å². The largest absolute Gasteiger partial charge is 0.385 e. The van der Waals surface area contributed by atoms with Gasteiger partial charge in [-0.25, -0.2) is 0 Å². The van der Waals surface area contributed by atoms with Crippen molar-refractivity contribution in [3.8, 4) is 0 Å². The molecule has 0 radical (unpaired) electrons. The van der Waals surface area contributed by atoms with Gasteiger partial charge in [-0.05, 0) is 19.1 Å². The summed E-state index contributed by atoms with van der Waals surface area (Å²) in [5, 5.41) is 13.3. The third kappa shape index (κ3) is 3.89. The van der Waals surface area contributed by atoms with E-state index < -0.39 is 4.92 Å². The zero-order valence-electron chi connectivity index (χ0n) is 8.78. The smallest absolute Gasteiger partial charge is 0.269 e. The molecule has 0 fully saturated rings. The van der Waals surface area contributed by atoms with E-state index in [1.807, 2.05) is 20.8 Å². The molecule has 0 atom stereocenters. The Morgan fingerprint density at radius 3 is 2.14 bits per heavy atom. The van der Waals surface area contributed by atoms with Crippen molar-refractivity contribution in [2.75, 3.05) is 11.9 Å². The van der Waals surface area contributed by atoms with Crippen molar-refractivity contribution in [3.05, 3.63) is 34.4 Å². The quantitative estimate of drug-likeness (QED) is 0.597. The second kappa shape index (κ2) is 6.88. The predicted octanol–water partition coefficient (Wildman–Crippen LogP) is 3.05. The van der Waals surface area contributed by atoms with Gasteiger partial charge in [-0.1, -0.05) is 13.8 Å². The molecular weight excluding hydrogens is 180 g/mol. The maximum Gasteiger partial charge on any atom is 0.269 e. The molecule has 0 heterocycles. The fraction of sp³-hybridized carbons (Fsp3) is 0.400. The van der Waals surface area contributed by atoms with Crippen LogP contribution in [-0.4, -0.2) is 11.5 Å². The highest BCUT2D eigenvalue weighted by Crippen LogP contribution is 2.14. The van der Waals surface area contributed by atoms with E-state index in [0.717, 1.165) is 12.2 Å². The molecule has 0 aliphatic carbocycles. The summed E-state index contributed by atoms with van der Waals surface area (Å²) in [6.45, 7) is 6.79. The lowest BCUT2D eigenvalue weighted by Gasteiger charge is -2.00. The van der Waals surface area contributed by atoms with E-state index in [1.54, 1.807) is 12.1 Å². The predicted molar refractivity (Wildman–Crippen MR) is 58.6 cm³/mol. The first-order chi connectivity index (χ1) is 6.74. The molecule has 4 nitrogen and oxygen atoms in total. The normalized spacial score (nSPS) is 8.50. The lowest BCUT2D eigenvalue weighted by Crippen LogP contribution is -1.96. The van der Waals surface area contributed by atoms with E-state index in [9.17, 15) is 10.1 Å². The number of benzene rings is 1. The highest BCUT2D eigenvalue weighted by molar-refractivity contribution is 5.48. The average molecular weight is 196 g/mol. The molecule has 0 amide bonds. The van der Waals surface area contributed by atoms with E-state index >= 15 is 0 Å². The molecule has 4 heteroatoms. The molecule has 1 aromatic carbocycles. The first kappa shape index (κ1) is 12.4. The van der Waals surface area contributed by atoms with E-state index in [-0.39, 0.29) is 5.69 Å². The average Bonchev–Trinajstić information content (AvgIpc) is 2.22. The SMILES string of the molecule is CC.CCNc1ccc([N+](=O)[O-])cc1. The van der Waals surface area contributed by atoms with Crippen molar-refractivity contribution in [2.24, 2.45) is 0 Å². The topological polar surface area (TPSA) is 55.2 Å². The fourth-order valence-electron chi connectivity index (χ4n) is 0.905. The Hall–Kier alpha value is -1.58. The number of hydrogen-bond acceptors (Lipinski definition) is 3. The van der Waals surface area contributed by atoms with Crippen LogP contribution in [0.4, 0.5) is 11.4 Å². The molecule has 0 unspecified atom stereocenters. The summed E-state index contributed by atoms with van der Waals surface area (Å²) in [4.78, 5) is 9.85. The molecule has 0 saturated carbocycles. The van der Waals surface area contributed by atoms with Crippen LogP contribution in [0.1, 0.15) is 20.8 Å². The Kier molecular flexibility index (Phi) is 6.11. The zero-order chi connectivity index (χ0) is 11.0. The second-order valence-corrected chi connectivity index (χ2v) is 2.33. The van der Waals surface area contributed by atoms with Crippen LogP contribution in [0.15, 0.2) is 24.3 Å². The van der Waals surface area contributed by atoms with E-state index in [4.69, 9.17) is 0 Å². The minimum atomic E-state index is -0.407. The third-order valence-corrected chi connectivity index (χ3v) is 1.46. The molecular formula is C10H16N2O2. The molecule has 1 N–H and O–H groups in total. The third-order valence-electron chi connectivity index (χ3n) is 1.46. The first-order valence-corrected chi connectivity index (χ1v) is 4.72. The first-order valence-electron chi connectivity index (χ1n) is 4.72. The summed E-state index contributed by atoms with van der Waals surface area (Å²) in [7, 11) is 0. The Balaban J connectivity index is 0.000000791. The standard InChI is InChI=1S/C8H10N2O2.C2H6/c1-2-9-7-3-5-8(6-4-7)10(11)12;1-2/h3-6,9H,2H2,1H3;1-2H3. The van der Waals surface area contributed by atoms with E-state index in [2.05, 4.69) is 5.32 Å². The Labute approximate surface area is 84.1 Å². The van der Waals surface area contributed by atoms with Gasteiger partial charge in [0, 0.05) is 24.4 Å². The van der Waals surface area contributed by atoms with Gasteiger partial charge in [-0.15, -0.1) is 0 Å². The monoisotopic (exact) mass is 196 g/mol. The number of hydrogen-bond donors (Lipinski definition) is 1. The van der Waals surface area contributed by atoms with Crippen molar-refractivity contribution in [1.29, 1.82) is 0 Å². The van der Waals surface area contributed by atoms with Gasteiger partial charge < -0.3 is 5.32 Å². The van der Waals surface area contributed by atoms with Gasteiger partial charge in [-0.2, -0.15) is 0 Å². The number of rotatable bonds is 3. The summed E-state index contributed by atoms with van der Waals surface area (Å²) in [5.74, 6) is 0. The van der Waals surface area contributed by atoms with Gasteiger partial charge >= 0.3 is 0 Å². The molecule has 0 bridgehead atoms. The summed E-state index contributed by atoms with van der Waals surface area (Å²) in [6.07, 6.45) is 0. The van der Waals surface area contributed by atoms with Crippen LogP contribution < -0.4 is 5.32 Å². The minimum absolute atomic E-state index is 0.122. The van der Waals surface area contributed by atoms with Crippen molar-refractivity contribution in [3.63, 3.8) is 0 Å². The molecule has 0 aromatic heterocycles. The van der Waals surface area contributed by atoms with Crippen LogP contribution in [0.2, 0.25) is 0 Å². The molecule has 0 saturated heterocycles. The molecule has 78 valence electrons. The van der Waals surface area contributed by atoms with Crippen LogP contribution in [0, 0.1) is 10.1 Å². The second-order valence-electron chi connectivity index (χ2n) is 2.33. The summed E-state index contributed by atoms with van der Waals surface area (Å²) >= 11 is 0. The number of non-ortho nitro benzene ring substituents is 1. The molecule has 1 aromatic rings. The number of nitro groups is 1. The van der Waals surface area contributed by atoms with E-state index in [1.165, 1.54) is 12.1 Å². The molecule has 0 aliphatic heterocycles. The van der Waals surface area contributed by atoms with Gasteiger partial charge in [0.05, 0.1) is 4.92 Å². The molecule has 0 spiro atoms. The highest BCUT2D eigenvalue weighted by atomic mass is 16.6. The number of nitro benzene ring substituents is 1. The molecule has 0 aliphatic rings. The van der Waals surface area contributed by atoms with Gasteiger partial charge in [0.15, 0.2) is 0 Å². The zero-order valence-corrected chi connectivity index (χ0v) is 8.78. The van der Waals surface area contributed by atoms with Crippen LogP contribution in [-0.2, 0) is 0 Å². The maximum absolute atomic E-state index is 10.3. The van der Waals surface area contributed by atoms with Crippen LogP contribution in [0.5, 0.6) is 0 Å². The lowest BCUT2D eigenvalue weighted by molar-refractivity contribution is -0.384. The van der Waals surface area contributed by atoms with Gasteiger partial charge in [-0.3, -0.25) is 10.1 Å². The lowest BCUT2D eigenvalue weighted by atomic mass is 10.3.